The highest BCUT2D eigenvalue weighted by Crippen LogP contribution is 1.82. The molecule has 0 atom stereocenters. The molecule has 0 fully saturated rings. The lowest BCUT2D eigenvalue weighted by molar-refractivity contribution is -0.126. The Hall–Kier alpha value is -1.32. The first-order valence-electron chi connectivity index (χ1n) is 2.71. The summed E-state index contributed by atoms with van der Waals surface area (Å²) < 4.78 is 0. The lowest BCUT2D eigenvalue weighted by Gasteiger charge is -1.93. The number of carbonyl (C=O) groups is 2. The summed E-state index contributed by atoms with van der Waals surface area (Å²) in [7, 11) is 0. The molecule has 0 aliphatic carbocycles. The molecule has 0 rings (SSSR count). The van der Waals surface area contributed by atoms with Crippen LogP contribution in [0, 0.1) is 0 Å². The number of amides is 2. The zero-order valence-electron chi connectivity index (χ0n) is 5.84. The highest BCUT2D eigenvalue weighted by Gasteiger charge is 1.97. The number of rotatable bonds is 1. The minimum absolute atomic E-state index is 0.126. The summed E-state index contributed by atoms with van der Waals surface area (Å²) in [6, 6.07) is 0. The number of nitrogens with one attached hydrogen (secondary N) is 1. The molecule has 0 bridgehead atoms. The third-order valence-corrected chi connectivity index (χ3v) is 0.639. The highest BCUT2D eigenvalue weighted by atomic mass is 16.3. The third-order valence-electron chi connectivity index (χ3n) is 0.639. The Bertz CT molecular complexity index is 179. The van der Waals surface area contributed by atoms with Crippen LogP contribution in [0.25, 0.3) is 0 Å². The maximum absolute atomic E-state index is 10.5. The van der Waals surface area contributed by atoms with Crippen LogP contribution in [0.3, 0.4) is 0 Å². The summed E-state index contributed by atoms with van der Waals surface area (Å²) in [4.78, 5) is 20.7. The number of imide groups is 1. The van der Waals surface area contributed by atoms with Crippen LogP contribution < -0.4 is 5.32 Å². The van der Waals surface area contributed by atoms with Gasteiger partial charge in [-0.2, -0.15) is 0 Å². The van der Waals surface area contributed by atoms with Gasteiger partial charge in [-0.1, -0.05) is 0 Å². The molecule has 0 saturated heterocycles. The number of hydrogen-bond acceptors (Lipinski definition) is 3. The average Bonchev–Trinajstić information content (AvgIpc) is 1.58. The minimum atomic E-state index is -0.604. The van der Waals surface area contributed by atoms with E-state index in [1.54, 1.807) is 0 Å². The quantitative estimate of drug-likeness (QED) is 0.404. The molecule has 0 aliphatic heterocycles. The maximum Gasteiger partial charge on any atom is 0.253 e. The molecule has 4 heteroatoms. The monoisotopic (exact) mass is 143 g/mol. The normalized spacial score (nSPS) is 10.8. The zero-order chi connectivity index (χ0) is 8.15. The molecule has 0 aromatic heterocycles. The largest absolute Gasteiger partial charge is 0.512 e. The zero-order valence-corrected chi connectivity index (χ0v) is 5.84. The van der Waals surface area contributed by atoms with Crippen molar-refractivity contribution < 1.29 is 14.7 Å². The molecular formula is C6H9NO3. The molecule has 0 saturated carbocycles. The van der Waals surface area contributed by atoms with Gasteiger partial charge in [0.15, 0.2) is 0 Å². The van der Waals surface area contributed by atoms with Gasteiger partial charge in [0.05, 0.1) is 5.76 Å². The molecular weight excluding hydrogens is 134 g/mol. The van der Waals surface area contributed by atoms with Crippen molar-refractivity contribution in [2.45, 2.75) is 13.8 Å². The van der Waals surface area contributed by atoms with E-state index < -0.39 is 11.8 Å². The topological polar surface area (TPSA) is 66.4 Å². The molecule has 0 radical (unpaired) electrons. The summed E-state index contributed by atoms with van der Waals surface area (Å²) in [5.41, 5.74) is 0. The number of aliphatic hydroxyl groups excluding tert-OH is 1. The molecule has 0 aliphatic rings. The van der Waals surface area contributed by atoms with Crippen LogP contribution in [0.1, 0.15) is 13.8 Å². The standard InChI is InChI=1S/C6H9NO3/c1-4(8)3-6(10)7-5(2)9/h3,8H,1-2H3,(H,7,9,10)/b4-3+. The molecule has 0 heterocycles. The van der Waals surface area contributed by atoms with Gasteiger partial charge >= 0.3 is 0 Å². The predicted molar refractivity (Wildman–Crippen MR) is 35.2 cm³/mol. The van der Waals surface area contributed by atoms with Gasteiger partial charge in [-0.15, -0.1) is 0 Å². The first kappa shape index (κ1) is 8.68. The van der Waals surface area contributed by atoms with Crippen molar-refractivity contribution in [3.05, 3.63) is 11.8 Å². The van der Waals surface area contributed by atoms with Crippen molar-refractivity contribution in [1.29, 1.82) is 0 Å². The number of aliphatic hydroxyl groups is 1. The van der Waals surface area contributed by atoms with Crippen LogP contribution >= 0.6 is 0 Å². The minimum Gasteiger partial charge on any atom is -0.512 e. The van der Waals surface area contributed by atoms with Crippen LogP contribution in [0.2, 0.25) is 0 Å². The van der Waals surface area contributed by atoms with Crippen molar-refractivity contribution in [3.63, 3.8) is 0 Å². The molecule has 0 aromatic carbocycles. The summed E-state index contributed by atoms with van der Waals surface area (Å²) in [6.07, 6.45) is 0.932. The fraction of sp³-hybridized carbons (Fsp3) is 0.333. The smallest absolute Gasteiger partial charge is 0.253 e. The van der Waals surface area contributed by atoms with Gasteiger partial charge in [-0.05, 0) is 6.92 Å². The maximum atomic E-state index is 10.5. The second-order valence-electron chi connectivity index (χ2n) is 1.83. The average molecular weight is 143 g/mol. The lowest BCUT2D eigenvalue weighted by atomic mass is 10.4. The molecule has 0 spiro atoms. The summed E-state index contributed by atoms with van der Waals surface area (Å²) in [6.45, 7) is 2.57. The lowest BCUT2D eigenvalue weighted by Crippen LogP contribution is -2.26. The van der Waals surface area contributed by atoms with Gasteiger partial charge in [-0.3, -0.25) is 14.9 Å². The number of hydrogen-bond donors (Lipinski definition) is 2. The molecule has 0 unspecified atom stereocenters. The molecule has 56 valence electrons. The van der Waals surface area contributed by atoms with E-state index in [0.29, 0.717) is 0 Å². The fourth-order valence-electron chi connectivity index (χ4n) is 0.399. The van der Waals surface area contributed by atoms with E-state index in [9.17, 15) is 9.59 Å². The van der Waals surface area contributed by atoms with E-state index in [2.05, 4.69) is 0 Å². The fourth-order valence-corrected chi connectivity index (χ4v) is 0.399. The van der Waals surface area contributed by atoms with Crippen molar-refractivity contribution in [2.24, 2.45) is 0 Å². The number of carbonyl (C=O) groups excluding carboxylic acids is 2. The van der Waals surface area contributed by atoms with E-state index in [1.165, 1.54) is 13.8 Å². The van der Waals surface area contributed by atoms with Gasteiger partial charge in [0.1, 0.15) is 0 Å². The van der Waals surface area contributed by atoms with Crippen LogP contribution in [0.15, 0.2) is 11.8 Å². The Morgan fingerprint density at radius 3 is 2.20 bits per heavy atom. The summed E-state index contributed by atoms with van der Waals surface area (Å²) in [5.74, 6) is -1.17. The Morgan fingerprint density at radius 2 is 1.90 bits per heavy atom. The van der Waals surface area contributed by atoms with Crippen molar-refractivity contribution in [1.82, 2.24) is 5.32 Å². The molecule has 2 N–H and O–H groups in total. The first-order valence-corrected chi connectivity index (χ1v) is 2.71. The summed E-state index contributed by atoms with van der Waals surface area (Å²) in [5, 5.41) is 10.5. The van der Waals surface area contributed by atoms with Crippen molar-refractivity contribution >= 4 is 11.8 Å². The third kappa shape index (κ3) is 4.83. The van der Waals surface area contributed by atoms with E-state index in [0.717, 1.165) is 6.08 Å². The summed E-state index contributed by atoms with van der Waals surface area (Å²) >= 11 is 0. The first-order chi connectivity index (χ1) is 4.52. The van der Waals surface area contributed by atoms with Crippen LogP contribution in [0.4, 0.5) is 0 Å². The van der Waals surface area contributed by atoms with Gasteiger partial charge < -0.3 is 5.11 Å². The van der Waals surface area contributed by atoms with Crippen LogP contribution in [-0.2, 0) is 9.59 Å². The second kappa shape index (κ2) is 3.66. The van der Waals surface area contributed by atoms with E-state index in [4.69, 9.17) is 5.11 Å². The molecule has 10 heavy (non-hydrogen) atoms. The van der Waals surface area contributed by atoms with E-state index >= 15 is 0 Å². The van der Waals surface area contributed by atoms with E-state index in [-0.39, 0.29) is 5.76 Å². The van der Waals surface area contributed by atoms with Crippen LogP contribution in [-0.4, -0.2) is 16.9 Å². The van der Waals surface area contributed by atoms with Gasteiger partial charge in [0, 0.05) is 13.0 Å². The molecule has 2 amide bonds. The molecule has 0 aromatic rings. The second-order valence-corrected chi connectivity index (χ2v) is 1.83. The van der Waals surface area contributed by atoms with Crippen molar-refractivity contribution in [3.8, 4) is 0 Å². The Balaban J connectivity index is 3.88. The van der Waals surface area contributed by atoms with Gasteiger partial charge in [-0.25, -0.2) is 0 Å². The van der Waals surface area contributed by atoms with E-state index in [1.807, 2.05) is 5.32 Å². The SMILES string of the molecule is CC(=O)NC(=O)/C=C(\C)O. The van der Waals surface area contributed by atoms with Crippen LogP contribution in [0.5, 0.6) is 0 Å². The predicted octanol–water partition coefficient (Wildman–Crippen LogP) is 0.111. The Morgan fingerprint density at radius 1 is 1.40 bits per heavy atom. The van der Waals surface area contributed by atoms with Gasteiger partial charge in [0.25, 0.3) is 5.91 Å². The number of allylic oxidation sites excluding steroid dienone is 1. The molecule has 4 nitrogen and oxygen atoms in total. The Labute approximate surface area is 58.5 Å². The highest BCUT2D eigenvalue weighted by molar-refractivity contribution is 6.00. The Kier molecular flexibility index (Phi) is 3.17. The van der Waals surface area contributed by atoms with Gasteiger partial charge in [0.2, 0.25) is 5.91 Å². The van der Waals surface area contributed by atoms with Crippen molar-refractivity contribution in [2.75, 3.05) is 0 Å².